The van der Waals surface area contributed by atoms with Crippen molar-refractivity contribution >= 4 is 34.5 Å². The number of hydrogen-bond donors (Lipinski definition) is 1. The van der Waals surface area contributed by atoms with Crippen molar-refractivity contribution < 1.29 is 9.21 Å². The van der Waals surface area contributed by atoms with Crippen molar-refractivity contribution in [2.24, 2.45) is 0 Å². The van der Waals surface area contributed by atoms with Gasteiger partial charge in [-0.25, -0.2) is 4.98 Å². The Morgan fingerprint density at radius 1 is 1.04 bits per heavy atom. The third-order valence-electron chi connectivity index (χ3n) is 3.76. The Morgan fingerprint density at radius 2 is 1.88 bits per heavy atom. The van der Waals surface area contributed by atoms with E-state index in [0.717, 1.165) is 21.8 Å². The van der Waals surface area contributed by atoms with Gasteiger partial charge in [-0.15, -0.1) is 11.3 Å². The molecule has 26 heavy (non-hydrogen) atoms. The molecule has 2 heterocycles. The average Bonchev–Trinajstić information content (AvgIpc) is 3.35. The van der Waals surface area contributed by atoms with E-state index in [9.17, 15) is 4.79 Å². The number of furan rings is 1. The maximum atomic E-state index is 12.1. The number of carbonyl (C=O) groups excluding carboxylic acids is 1. The van der Waals surface area contributed by atoms with Crippen molar-refractivity contribution in [1.29, 1.82) is 0 Å². The molecule has 0 fully saturated rings. The molecule has 1 N–H and O–H groups in total. The Balaban J connectivity index is 1.57. The number of thiazole rings is 1. The smallest absolute Gasteiger partial charge is 0.291 e. The van der Waals surface area contributed by atoms with Gasteiger partial charge in [-0.1, -0.05) is 35.9 Å². The number of rotatable bonds is 4. The van der Waals surface area contributed by atoms with Gasteiger partial charge in [0.25, 0.3) is 5.91 Å². The van der Waals surface area contributed by atoms with Crippen LogP contribution in [0.3, 0.4) is 0 Å². The number of hydrogen-bond acceptors (Lipinski definition) is 4. The first-order valence-corrected chi connectivity index (χ1v) is 9.11. The van der Waals surface area contributed by atoms with E-state index < -0.39 is 0 Å². The molecular formula is C20H13ClN2O2S. The fourth-order valence-electron chi connectivity index (χ4n) is 2.49. The third kappa shape index (κ3) is 3.54. The summed E-state index contributed by atoms with van der Waals surface area (Å²) in [7, 11) is 0. The Labute approximate surface area is 159 Å². The summed E-state index contributed by atoms with van der Waals surface area (Å²) in [4.78, 5) is 16.8. The molecule has 0 unspecified atom stereocenters. The van der Waals surface area contributed by atoms with Crippen molar-refractivity contribution in [3.63, 3.8) is 0 Å². The standard InChI is InChI=1S/C20H13ClN2O2S/c21-15-8-6-13(7-9-15)20-23-17(12-26-20)14-3-1-4-16(11-14)22-19(24)18-5-2-10-25-18/h1-12H,(H,22,24). The van der Waals surface area contributed by atoms with Crippen LogP contribution in [0.25, 0.3) is 21.8 Å². The van der Waals surface area contributed by atoms with Crippen molar-refractivity contribution in [2.45, 2.75) is 0 Å². The quantitative estimate of drug-likeness (QED) is 0.474. The van der Waals surface area contributed by atoms with Crippen LogP contribution in [-0.2, 0) is 0 Å². The zero-order chi connectivity index (χ0) is 17.9. The summed E-state index contributed by atoms with van der Waals surface area (Å²) >= 11 is 7.50. The Morgan fingerprint density at radius 3 is 2.65 bits per heavy atom. The fraction of sp³-hybridized carbons (Fsp3) is 0. The van der Waals surface area contributed by atoms with Gasteiger partial charge in [0.15, 0.2) is 5.76 Å². The van der Waals surface area contributed by atoms with Crippen molar-refractivity contribution in [3.8, 4) is 21.8 Å². The zero-order valence-corrected chi connectivity index (χ0v) is 15.1. The minimum atomic E-state index is -0.285. The normalized spacial score (nSPS) is 10.7. The number of carbonyl (C=O) groups is 1. The first kappa shape index (κ1) is 16.6. The molecule has 1 amide bonds. The lowest BCUT2D eigenvalue weighted by Crippen LogP contribution is -2.10. The summed E-state index contributed by atoms with van der Waals surface area (Å²) in [5.41, 5.74) is 3.49. The molecule has 0 aliphatic carbocycles. The van der Waals surface area contributed by atoms with E-state index in [1.807, 2.05) is 53.9 Å². The minimum Gasteiger partial charge on any atom is -0.459 e. The molecule has 6 heteroatoms. The number of benzene rings is 2. The summed E-state index contributed by atoms with van der Waals surface area (Å²) in [6.07, 6.45) is 1.47. The molecule has 0 saturated carbocycles. The Kier molecular flexibility index (Phi) is 4.56. The van der Waals surface area contributed by atoms with E-state index in [-0.39, 0.29) is 11.7 Å². The number of anilines is 1. The maximum Gasteiger partial charge on any atom is 0.291 e. The molecule has 4 nitrogen and oxygen atoms in total. The first-order chi connectivity index (χ1) is 12.7. The molecule has 128 valence electrons. The fourth-order valence-corrected chi connectivity index (χ4v) is 3.45. The topological polar surface area (TPSA) is 55.1 Å². The van der Waals surface area contributed by atoms with Crippen molar-refractivity contribution in [1.82, 2.24) is 4.98 Å². The molecule has 2 aromatic carbocycles. The maximum absolute atomic E-state index is 12.1. The van der Waals surface area contributed by atoms with Gasteiger partial charge < -0.3 is 9.73 Å². The Bertz CT molecular complexity index is 1040. The van der Waals surface area contributed by atoms with Crippen LogP contribution in [0, 0.1) is 0 Å². The molecule has 0 radical (unpaired) electrons. The van der Waals surface area contributed by atoms with Crippen molar-refractivity contribution in [3.05, 3.63) is 83.1 Å². The average molecular weight is 381 g/mol. The summed E-state index contributed by atoms with van der Waals surface area (Å²) in [5, 5.41) is 6.44. The second-order valence-corrected chi connectivity index (χ2v) is 6.85. The molecule has 0 saturated heterocycles. The second kappa shape index (κ2) is 7.15. The van der Waals surface area contributed by atoms with Gasteiger partial charge in [0.1, 0.15) is 5.01 Å². The van der Waals surface area contributed by atoms with Gasteiger partial charge in [-0.2, -0.15) is 0 Å². The minimum absolute atomic E-state index is 0.272. The molecular weight excluding hydrogens is 368 g/mol. The highest BCUT2D eigenvalue weighted by atomic mass is 35.5. The largest absolute Gasteiger partial charge is 0.459 e. The monoisotopic (exact) mass is 380 g/mol. The highest BCUT2D eigenvalue weighted by Crippen LogP contribution is 2.30. The molecule has 2 aromatic heterocycles. The van der Waals surface area contributed by atoms with Crippen LogP contribution in [0.2, 0.25) is 5.02 Å². The van der Waals surface area contributed by atoms with Crippen molar-refractivity contribution in [2.75, 3.05) is 5.32 Å². The summed E-state index contributed by atoms with van der Waals surface area (Å²) in [6, 6.07) is 18.5. The zero-order valence-electron chi connectivity index (χ0n) is 13.5. The van der Waals surface area contributed by atoms with Crippen LogP contribution in [0.15, 0.2) is 76.7 Å². The highest BCUT2D eigenvalue weighted by molar-refractivity contribution is 7.13. The number of nitrogens with zero attached hydrogens (tertiary/aromatic N) is 1. The third-order valence-corrected chi connectivity index (χ3v) is 4.90. The van der Waals surface area contributed by atoms with E-state index in [1.165, 1.54) is 6.26 Å². The van der Waals surface area contributed by atoms with Crippen LogP contribution < -0.4 is 5.32 Å². The lowest BCUT2D eigenvalue weighted by Gasteiger charge is -2.05. The number of amides is 1. The molecule has 0 spiro atoms. The highest BCUT2D eigenvalue weighted by Gasteiger charge is 2.11. The molecule has 4 rings (SSSR count). The van der Waals surface area contributed by atoms with Gasteiger partial charge >= 0.3 is 0 Å². The van der Waals surface area contributed by atoms with Gasteiger partial charge in [-0.05, 0) is 36.4 Å². The van der Waals surface area contributed by atoms with E-state index in [1.54, 1.807) is 23.5 Å². The van der Waals surface area contributed by atoms with Crippen LogP contribution >= 0.6 is 22.9 Å². The van der Waals surface area contributed by atoms with Crippen LogP contribution in [-0.4, -0.2) is 10.9 Å². The first-order valence-electron chi connectivity index (χ1n) is 7.86. The lowest BCUT2D eigenvalue weighted by atomic mass is 10.1. The van der Waals surface area contributed by atoms with Gasteiger partial charge in [0.05, 0.1) is 12.0 Å². The predicted octanol–water partition coefficient (Wildman–Crippen LogP) is 5.98. The predicted molar refractivity (Wildman–Crippen MR) is 105 cm³/mol. The molecule has 0 aliphatic rings. The van der Waals surface area contributed by atoms with Gasteiger partial charge in [0, 0.05) is 27.2 Å². The summed E-state index contributed by atoms with van der Waals surface area (Å²) in [6.45, 7) is 0. The van der Waals surface area contributed by atoms with E-state index in [0.29, 0.717) is 10.7 Å². The van der Waals surface area contributed by atoms with Gasteiger partial charge in [0.2, 0.25) is 0 Å². The Hall–Kier alpha value is -2.89. The summed E-state index contributed by atoms with van der Waals surface area (Å²) < 4.78 is 5.11. The van der Waals surface area contributed by atoms with E-state index >= 15 is 0 Å². The number of aromatic nitrogens is 1. The van der Waals surface area contributed by atoms with Crippen LogP contribution in [0.4, 0.5) is 5.69 Å². The van der Waals surface area contributed by atoms with Gasteiger partial charge in [-0.3, -0.25) is 4.79 Å². The molecule has 0 atom stereocenters. The summed E-state index contributed by atoms with van der Waals surface area (Å²) in [5.74, 6) is -0.0126. The molecule has 0 aliphatic heterocycles. The van der Waals surface area contributed by atoms with Crippen LogP contribution in [0.1, 0.15) is 10.6 Å². The van der Waals surface area contributed by atoms with Crippen LogP contribution in [0.5, 0.6) is 0 Å². The molecule has 4 aromatic rings. The lowest BCUT2D eigenvalue weighted by molar-refractivity contribution is 0.0996. The van der Waals surface area contributed by atoms with E-state index in [2.05, 4.69) is 5.32 Å². The second-order valence-electron chi connectivity index (χ2n) is 5.56. The molecule has 0 bridgehead atoms. The number of nitrogens with one attached hydrogen (secondary N) is 1. The van der Waals surface area contributed by atoms with E-state index in [4.69, 9.17) is 21.0 Å². The number of halogens is 1. The SMILES string of the molecule is O=C(Nc1cccc(-c2csc(-c3ccc(Cl)cc3)n2)c1)c1ccco1.